The van der Waals surface area contributed by atoms with Crippen molar-refractivity contribution in [2.45, 2.75) is 26.3 Å². The lowest BCUT2D eigenvalue weighted by atomic mass is 10.1. The Morgan fingerprint density at radius 3 is 2.33 bits per heavy atom. The summed E-state index contributed by atoms with van der Waals surface area (Å²) in [5, 5.41) is 5.73. The third kappa shape index (κ3) is 6.21. The smallest absolute Gasteiger partial charge is 0.255 e. The summed E-state index contributed by atoms with van der Waals surface area (Å²) in [6.45, 7) is 3.23. The average Bonchev–Trinajstić information content (AvgIpc) is 2.79. The van der Waals surface area contributed by atoms with Gasteiger partial charge in [-0.25, -0.2) is 0 Å². The molecular weight excluding hydrogens is 376 g/mol. The molecule has 0 bridgehead atoms. The first-order valence-corrected chi connectivity index (χ1v) is 10.1. The van der Waals surface area contributed by atoms with Crippen LogP contribution in [0, 0.1) is 0 Å². The Balaban J connectivity index is 1.57. The quantitative estimate of drug-likeness (QED) is 0.492. The van der Waals surface area contributed by atoms with Gasteiger partial charge in [-0.05, 0) is 54.4 Å². The van der Waals surface area contributed by atoms with E-state index in [0.29, 0.717) is 30.0 Å². The van der Waals surface area contributed by atoms with Crippen LogP contribution in [0.4, 0.5) is 5.69 Å². The van der Waals surface area contributed by atoms with Gasteiger partial charge >= 0.3 is 0 Å². The standard InChI is InChI=1S/C25H26N2O3/c1-2-3-16-30-23-14-12-20(13-15-23)25(29)27-22-11-7-10-21(17-22)24(28)26-18-19-8-5-4-6-9-19/h4-15,17H,2-3,16,18H2,1H3,(H,26,28)(H,27,29). The summed E-state index contributed by atoms with van der Waals surface area (Å²) in [6, 6.07) is 23.6. The maximum absolute atomic E-state index is 12.5. The van der Waals surface area contributed by atoms with Gasteiger partial charge in [-0.2, -0.15) is 0 Å². The molecule has 0 aliphatic carbocycles. The van der Waals surface area contributed by atoms with E-state index in [2.05, 4.69) is 17.6 Å². The molecule has 0 aliphatic rings. The third-order valence-corrected chi connectivity index (χ3v) is 4.56. The van der Waals surface area contributed by atoms with Gasteiger partial charge in [0.25, 0.3) is 11.8 Å². The molecule has 0 unspecified atom stereocenters. The van der Waals surface area contributed by atoms with Crippen molar-refractivity contribution in [1.82, 2.24) is 5.32 Å². The largest absolute Gasteiger partial charge is 0.494 e. The number of ether oxygens (including phenoxy) is 1. The van der Waals surface area contributed by atoms with Crippen LogP contribution < -0.4 is 15.4 Å². The molecule has 3 rings (SSSR count). The Bertz CT molecular complexity index is 969. The Kier molecular flexibility index (Phi) is 7.61. The summed E-state index contributed by atoms with van der Waals surface area (Å²) in [5.74, 6) is 0.317. The number of anilines is 1. The zero-order chi connectivity index (χ0) is 21.2. The molecule has 0 aliphatic heterocycles. The van der Waals surface area contributed by atoms with Gasteiger partial charge in [-0.3, -0.25) is 9.59 Å². The molecule has 0 saturated heterocycles. The van der Waals surface area contributed by atoms with Gasteiger partial charge in [0.05, 0.1) is 6.61 Å². The zero-order valence-corrected chi connectivity index (χ0v) is 17.1. The summed E-state index contributed by atoms with van der Waals surface area (Å²) in [7, 11) is 0. The van der Waals surface area contributed by atoms with Gasteiger partial charge in [0, 0.05) is 23.4 Å². The van der Waals surface area contributed by atoms with Gasteiger partial charge in [0.15, 0.2) is 0 Å². The maximum atomic E-state index is 12.5. The number of unbranched alkanes of at least 4 members (excludes halogenated alkanes) is 1. The highest BCUT2D eigenvalue weighted by Crippen LogP contribution is 2.16. The predicted octanol–water partition coefficient (Wildman–Crippen LogP) is 5.05. The van der Waals surface area contributed by atoms with Crippen LogP contribution in [-0.4, -0.2) is 18.4 Å². The molecular formula is C25H26N2O3. The van der Waals surface area contributed by atoms with Crippen LogP contribution in [0.1, 0.15) is 46.0 Å². The van der Waals surface area contributed by atoms with E-state index in [4.69, 9.17) is 4.74 Å². The molecule has 0 heterocycles. The molecule has 0 fully saturated rings. The molecule has 3 aromatic rings. The number of nitrogens with one attached hydrogen (secondary N) is 2. The molecule has 0 spiro atoms. The van der Waals surface area contributed by atoms with Crippen LogP contribution in [-0.2, 0) is 6.54 Å². The van der Waals surface area contributed by atoms with Crippen LogP contribution in [0.2, 0.25) is 0 Å². The van der Waals surface area contributed by atoms with Crippen LogP contribution in [0.5, 0.6) is 5.75 Å². The molecule has 30 heavy (non-hydrogen) atoms. The lowest BCUT2D eigenvalue weighted by Crippen LogP contribution is -2.23. The highest BCUT2D eigenvalue weighted by atomic mass is 16.5. The molecule has 2 N–H and O–H groups in total. The van der Waals surface area contributed by atoms with E-state index in [1.54, 1.807) is 48.5 Å². The van der Waals surface area contributed by atoms with E-state index in [1.165, 1.54) is 0 Å². The van der Waals surface area contributed by atoms with Crippen molar-refractivity contribution in [2.24, 2.45) is 0 Å². The fourth-order valence-electron chi connectivity index (χ4n) is 2.86. The van der Waals surface area contributed by atoms with Crippen molar-refractivity contribution in [2.75, 3.05) is 11.9 Å². The molecule has 3 aromatic carbocycles. The summed E-state index contributed by atoms with van der Waals surface area (Å²) in [4.78, 5) is 25.0. The second-order valence-corrected chi connectivity index (χ2v) is 6.93. The highest BCUT2D eigenvalue weighted by Gasteiger charge is 2.10. The molecule has 0 aromatic heterocycles. The molecule has 2 amide bonds. The summed E-state index contributed by atoms with van der Waals surface area (Å²) >= 11 is 0. The van der Waals surface area contributed by atoms with E-state index in [9.17, 15) is 9.59 Å². The topological polar surface area (TPSA) is 67.4 Å². The molecule has 0 radical (unpaired) electrons. The van der Waals surface area contributed by atoms with E-state index in [1.807, 2.05) is 30.3 Å². The number of carbonyl (C=O) groups is 2. The molecule has 0 saturated carbocycles. The minimum atomic E-state index is -0.239. The summed E-state index contributed by atoms with van der Waals surface area (Å²) in [5.41, 5.74) is 2.60. The van der Waals surface area contributed by atoms with Crippen LogP contribution >= 0.6 is 0 Å². The fraction of sp³-hybridized carbons (Fsp3) is 0.200. The maximum Gasteiger partial charge on any atom is 0.255 e. The van der Waals surface area contributed by atoms with Gasteiger partial charge < -0.3 is 15.4 Å². The normalized spacial score (nSPS) is 10.3. The average molecular weight is 402 g/mol. The number of amides is 2. The minimum Gasteiger partial charge on any atom is -0.494 e. The first-order chi connectivity index (χ1) is 14.7. The van der Waals surface area contributed by atoms with Crippen molar-refractivity contribution in [1.29, 1.82) is 0 Å². The van der Waals surface area contributed by atoms with E-state index >= 15 is 0 Å². The molecule has 5 heteroatoms. The van der Waals surface area contributed by atoms with E-state index in [0.717, 1.165) is 24.2 Å². The second kappa shape index (κ2) is 10.8. The summed E-state index contributed by atoms with van der Waals surface area (Å²) in [6.07, 6.45) is 2.07. The first kappa shape index (κ1) is 21.1. The van der Waals surface area contributed by atoms with Gasteiger partial charge in [0.2, 0.25) is 0 Å². The Labute approximate surface area is 177 Å². The number of benzene rings is 3. The lowest BCUT2D eigenvalue weighted by molar-refractivity contribution is 0.0949. The SMILES string of the molecule is CCCCOc1ccc(C(=O)Nc2cccc(C(=O)NCc3ccccc3)c2)cc1. The van der Waals surface area contributed by atoms with Gasteiger partial charge in [-0.1, -0.05) is 49.7 Å². The lowest BCUT2D eigenvalue weighted by Gasteiger charge is -2.09. The molecule has 5 nitrogen and oxygen atoms in total. The molecule has 154 valence electrons. The van der Waals surface area contributed by atoms with Crippen LogP contribution in [0.25, 0.3) is 0 Å². The van der Waals surface area contributed by atoms with Crippen molar-refractivity contribution in [3.8, 4) is 5.75 Å². The number of carbonyl (C=O) groups excluding carboxylic acids is 2. The van der Waals surface area contributed by atoms with E-state index in [-0.39, 0.29) is 11.8 Å². The number of rotatable bonds is 9. The minimum absolute atomic E-state index is 0.191. The summed E-state index contributed by atoms with van der Waals surface area (Å²) < 4.78 is 5.62. The van der Waals surface area contributed by atoms with Gasteiger partial charge in [0.1, 0.15) is 5.75 Å². The van der Waals surface area contributed by atoms with Gasteiger partial charge in [-0.15, -0.1) is 0 Å². The zero-order valence-electron chi connectivity index (χ0n) is 17.1. The Morgan fingerprint density at radius 1 is 0.833 bits per heavy atom. The number of hydrogen-bond donors (Lipinski definition) is 2. The van der Waals surface area contributed by atoms with Crippen molar-refractivity contribution in [3.05, 3.63) is 95.6 Å². The Hall–Kier alpha value is -3.60. The van der Waals surface area contributed by atoms with Crippen molar-refractivity contribution < 1.29 is 14.3 Å². The highest BCUT2D eigenvalue weighted by molar-refractivity contribution is 6.05. The Morgan fingerprint density at radius 2 is 1.60 bits per heavy atom. The van der Waals surface area contributed by atoms with Crippen LogP contribution in [0.15, 0.2) is 78.9 Å². The molecule has 0 atom stereocenters. The number of hydrogen-bond acceptors (Lipinski definition) is 3. The van der Waals surface area contributed by atoms with Crippen LogP contribution in [0.3, 0.4) is 0 Å². The first-order valence-electron chi connectivity index (χ1n) is 10.1. The van der Waals surface area contributed by atoms with Crippen molar-refractivity contribution in [3.63, 3.8) is 0 Å². The van der Waals surface area contributed by atoms with E-state index < -0.39 is 0 Å². The second-order valence-electron chi connectivity index (χ2n) is 6.93. The third-order valence-electron chi connectivity index (χ3n) is 4.56. The van der Waals surface area contributed by atoms with Crippen molar-refractivity contribution >= 4 is 17.5 Å². The monoisotopic (exact) mass is 402 g/mol. The predicted molar refractivity (Wildman–Crippen MR) is 119 cm³/mol. The fourth-order valence-corrected chi connectivity index (χ4v) is 2.86.